The first-order chi connectivity index (χ1) is 15.7. The molecule has 1 aromatic heterocycles. The zero-order valence-corrected chi connectivity index (χ0v) is 20.3. The van der Waals surface area contributed by atoms with Crippen LogP contribution in [0, 0.1) is 25.7 Å². The van der Waals surface area contributed by atoms with Crippen molar-refractivity contribution >= 4 is 15.9 Å². The van der Waals surface area contributed by atoms with Gasteiger partial charge in [-0.2, -0.15) is 4.31 Å². The number of sulfonamides is 1. The first kappa shape index (κ1) is 23.6. The van der Waals surface area contributed by atoms with Gasteiger partial charge in [-0.3, -0.25) is 4.79 Å². The van der Waals surface area contributed by atoms with Crippen LogP contribution in [0.25, 0.3) is 0 Å². The van der Waals surface area contributed by atoms with Crippen molar-refractivity contribution in [3.8, 4) is 11.5 Å². The fourth-order valence-corrected chi connectivity index (χ4v) is 6.32. The van der Waals surface area contributed by atoms with Crippen molar-refractivity contribution in [2.24, 2.45) is 11.8 Å². The molecule has 180 valence electrons. The molecule has 0 aliphatic carbocycles. The molecule has 1 saturated heterocycles. The topological polar surface area (TPSA) is 111 Å². The number of fused-ring (bicyclic) bond motifs is 1. The lowest BCUT2D eigenvalue weighted by Gasteiger charge is -2.33. The van der Waals surface area contributed by atoms with Gasteiger partial charge in [-0.05, 0) is 50.3 Å². The lowest BCUT2D eigenvalue weighted by Crippen LogP contribution is -2.46. The Bertz CT molecular complexity index is 1110. The van der Waals surface area contributed by atoms with Crippen molar-refractivity contribution < 1.29 is 27.2 Å². The van der Waals surface area contributed by atoms with E-state index in [1.54, 1.807) is 13.8 Å². The predicted molar refractivity (Wildman–Crippen MR) is 121 cm³/mol. The summed E-state index contributed by atoms with van der Waals surface area (Å²) >= 11 is 0. The number of nitrogens with one attached hydrogen (secondary N) is 1. The number of aryl methyl sites for hydroxylation is 2. The highest BCUT2D eigenvalue weighted by Crippen LogP contribution is 2.35. The van der Waals surface area contributed by atoms with Gasteiger partial charge in [0, 0.05) is 13.1 Å². The fraction of sp³-hybridized carbons (Fsp3) is 0.565. The van der Waals surface area contributed by atoms with Crippen LogP contribution in [0.1, 0.15) is 49.7 Å². The average molecular weight is 478 g/mol. The zero-order chi connectivity index (χ0) is 23.8. The van der Waals surface area contributed by atoms with Crippen molar-refractivity contribution in [3.05, 3.63) is 35.2 Å². The highest BCUT2D eigenvalue weighted by molar-refractivity contribution is 7.89. The number of ether oxygens (including phenoxy) is 2. The number of piperidine rings is 1. The van der Waals surface area contributed by atoms with E-state index in [4.69, 9.17) is 14.0 Å². The minimum Gasteiger partial charge on any atom is -0.486 e. The van der Waals surface area contributed by atoms with E-state index in [0.717, 1.165) is 5.56 Å². The molecule has 1 amide bonds. The molecule has 2 unspecified atom stereocenters. The number of carbonyl (C=O) groups is 1. The number of aromatic nitrogens is 1. The van der Waals surface area contributed by atoms with Crippen molar-refractivity contribution in [3.63, 3.8) is 0 Å². The molecule has 0 bridgehead atoms. The highest BCUT2D eigenvalue weighted by Gasteiger charge is 2.37. The number of benzene rings is 1. The first-order valence-corrected chi connectivity index (χ1v) is 12.8. The molecule has 2 atom stereocenters. The summed E-state index contributed by atoms with van der Waals surface area (Å²) in [6.07, 6.45) is 1.24. The van der Waals surface area contributed by atoms with Gasteiger partial charge in [0.2, 0.25) is 15.9 Å². The number of rotatable bonds is 6. The summed E-state index contributed by atoms with van der Waals surface area (Å²) in [5.41, 5.74) is 1.26. The Kier molecular flexibility index (Phi) is 6.67. The van der Waals surface area contributed by atoms with Crippen LogP contribution < -0.4 is 14.8 Å². The van der Waals surface area contributed by atoms with Gasteiger partial charge in [0.25, 0.3) is 0 Å². The Balaban J connectivity index is 1.50. The number of amides is 1. The lowest BCUT2D eigenvalue weighted by atomic mass is 9.93. The van der Waals surface area contributed by atoms with Crippen molar-refractivity contribution in [2.75, 3.05) is 26.3 Å². The lowest BCUT2D eigenvalue weighted by molar-refractivity contribution is -0.127. The van der Waals surface area contributed by atoms with Gasteiger partial charge in [0.05, 0.1) is 12.0 Å². The first-order valence-electron chi connectivity index (χ1n) is 11.3. The van der Waals surface area contributed by atoms with Gasteiger partial charge in [-0.1, -0.05) is 25.1 Å². The second-order valence-electron chi connectivity index (χ2n) is 8.99. The predicted octanol–water partition coefficient (Wildman–Crippen LogP) is 2.98. The molecule has 2 aliphatic rings. The third-order valence-electron chi connectivity index (χ3n) is 6.21. The summed E-state index contributed by atoms with van der Waals surface area (Å²) in [7, 11) is -3.79. The maximum absolute atomic E-state index is 13.2. The molecule has 3 heterocycles. The molecular formula is C23H31N3O6S. The molecule has 1 fully saturated rings. The normalized spacial score (nSPS) is 20.0. The quantitative estimate of drug-likeness (QED) is 0.681. The molecule has 9 nitrogen and oxygen atoms in total. The molecule has 2 aromatic rings. The van der Waals surface area contributed by atoms with Gasteiger partial charge in [0.1, 0.15) is 23.8 Å². The van der Waals surface area contributed by atoms with Crippen LogP contribution in [0.4, 0.5) is 0 Å². The molecule has 2 aliphatic heterocycles. The molecule has 0 saturated carbocycles. The SMILES string of the molecule is Cc1noc(C)c1S(=O)(=O)N1CCCC(C(=O)NC(c2ccc3c(c2)OCCO3)C(C)C)C1. The molecular weight excluding hydrogens is 446 g/mol. The van der Waals surface area contributed by atoms with E-state index in [1.165, 1.54) is 4.31 Å². The molecule has 0 radical (unpaired) electrons. The van der Waals surface area contributed by atoms with Crippen LogP contribution in [-0.4, -0.2) is 50.1 Å². The number of carbonyl (C=O) groups excluding carboxylic acids is 1. The summed E-state index contributed by atoms with van der Waals surface area (Å²) in [5, 5.41) is 6.93. The van der Waals surface area contributed by atoms with Crippen molar-refractivity contribution in [1.82, 2.24) is 14.8 Å². The van der Waals surface area contributed by atoms with E-state index in [1.807, 2.05) is 32.0 Å². The molecule has 4 rings (SSSR count). The van der Waals surface area contributed by atoms with Crippen molar-refractivity contribution in [1.29, 1.82) is 0 Å². The second kappa shape index (κ2) is 9.34. The van der Waals surface area contributed by atoms with Crippen LogP contribution in [0.2, 0.25) is 0 Å². The van der Waals surface area contributed by atoms with Crippen molar-refractivity contribution in [2.45, 2.75) is 51.5 Å². The van der Waals surface area contributed by atoms with E-state index >= 15 is 0 Å². The summed E-state index contributed by atoms with van der Waals surface area (Å²) in [6, 6.07) is 5.48. The van der Waals surface area contributed by atoms with Crippen LogP contribution >= 0.6 is 0 Å². The van der Waals surface area contributed by atoms with E-state index in [9.17, 15) is 13.2 Å². The van der Waals surface area contributed by atoms with Gasteiger partial charge in [0.15, 0.2) is 17.3 Å². The number of hydrogen-bond acceptors (Lipinski definition) is 7. The van der Waals surface area contributed by atoms with E-state index < -0.39 is 15.9 Å². The van der Waals surface area contributed by atoms with Crippen LogP contribution in [-0.2, 0) is 14.8 Å². The Morgan fingerprint density at radius 2 is 1.91 bits per heavy atom. The molecule has 33 heavy (non-hydrogen) atoms. The van der Waals surface area contributed by atoms with Gasteiger partial charge in [-0.25, -0.2) is 8.42 Å². The third-order valence-corrected chi connectivity index (χ3v) is 8.32. The molecule has 0 spiro atoms. The Morgan fingerprint density at radius 3 is 2.58 bits per heavy atom. The number of nitrogens with zero attached hydrogens (tertiary/aromatic N) is 2. The van der Waals surface area contributed by atoms with E-state index in [2.05, 4.69) is 10.5 Å². The monoisotopic (exact) mass is 477 g/mol. The Hall–Kier alpha value is -2.59. The molecule has 1 aromatic carbocycles. The third kappa shape index (κ3) is 4.72. The average Bonchev–Trinajstić information content (AvgIpc) is 3.15. The minimum atomic E-state index is -3.79. The summed E-state index contributed by atoms with van der Waals surface area (Å²) < 4.78 is 44.2. The summed E-state index contributed by atoms with van der Waals surface area (Å²) in [5.74, 6) is 1.17. The van der Waals surface area contributed by atoms with Gasteiger partial charge in [-0.15, -0.1) is 0 Å². The molecule has 10 heteroatoms. The highest BCUT2D eigenvalue weighted by atomic mass is 32.2. The Labute approximate surface area is 194 Å². The number of hydrogen-bond donors (Lipinski definition) is 1. The smallest absolute Gasteiger partial charge is 0.248 e. The van der Waals surface area contributed by atoms with Gasteiger partial charge >= 0.3 is 0 Å². The maximum Gasteiger partial charge on any atom is 0.248 e. The van der Waals surface area contributed by atoms with E-state index in [-0.39, 0.29) is 35.1 Å². The molecule has 1 N–H and O–H groups in total. The van der Waals surface area contributed by atoms with Crippen LogP contribution in [0.15, 0.2) is 27.6 Å². The van der Waals surface area contributed by atoms with Gasteiger partial charge < -0.3 is 19.3 Å². The summed E-state index contributed by atoms with van der Waals surface area (Å²) in [6.45, 7) is 8.78. The maximum atomic E-state index is 13.2. The largest absolute Gasteiger partial charge is 0.486 e. The fourth-order valence-electron chi connectivity index (χ4n) is 4.51. The van der Waals surface area contributed by atoms with E-state index in [0.29, 0.717) is 49.8 Å². The van der Waals surface area contributed by atoms with Crippen LogP contribution in [0.3, 0.4) is 0 Å². The standard InChI is InChI=1S/C23H31N3O6S/c1-14(2)21(17-7-8-19-20(12-17)31-11-10-30-19)24-23(27)18-6-5-9-26(13-18)33(28,29)22-15(3)25-32-16(22)4/h7-8,12,14,18,21H,5-6,9-11,13H2,1-4H3,(H,24,27). The zero-order valence-electron chi connectivity index (χ0n) is 19.5. The second-order valence-corrected chi connectivity index (χ2v) is 10.9. The minimum absolute atomic E-state index is 0.0971. The summed E-state index contributed by atoms with van der Waals surface area (Å²) in [4.78, 5) is 13.3. The Morgan fingerprint density at radius 1 is 1.18 bits per heavy atom. The van der Waals surface area contributed by atoms with Crippen LogP contribution in [0.5, 0.6) is 11.5 Å².